The van der Waals surface area contributed by atoms with Gasteiger partial charge in [0.1, 0.15) is 5.78 Å². The van der Waals surface area contributed by atoms with E-state index in [1.54, 1.807) is 0 Å². The maximum Gasteiger partial charge on any atom is 0.137 e. The van der Waals surface area contributed by atoms with Gasteiger partial charge in [0, 0.05) is 25.4 Å². The van der Waals surface area contributed by atoms with Gasteiger partial charge in [-0.3, -0.25) is 4.79 Å². The van der Waals surface area contributed by atoms with Crippen LogP contribution < -0.4 is 11.5 Å². The molecule has 1 aromatic rings. The minimum Gasteiger partial charge on any atom is -0.329 e. The molecule has 0 bridgehead atoms. The monoisotopic (exact) mass is 234 g/mol. The summed E-state index contributed by atoms with van der Waals surface area (Å²) >= 11 is 0. The van der Waals surface area contributed by atoms with Crippen molar-refractivity contribution in [3.63, 3.8) is 0 Å². The molecule has 0 saturated carbocycles. The van der Waals surface area contributed by atoms with E-state index in [2.05, 4.69) is 18.2 Å². The van der Waals surface area contributed by atoms with E-state index in [-0.39, 0.29) is 11.8 Å². The van der Waals surface area contributed by atoms with Crippen LogP contribution in [0.2, 0.25) is 0 Å². The van der Waals surface area contributed by atoms with Crippen molar-refractivity contribution in [2.24, 2.45) is 11.5 Å². The standard InChI is InChI=1S/C14H22N2O/c1-10-3-4-11(2)12(7-10)8-14(17)6-5-13(16)9-15/h3-4,7,13H,5-6,8-9,15-16H2,1-2H3. The molecule has 0 aromatic heterocycles. The van der Waals surface area contributed by atoms with Gasteiger partial charge in [-0.25, -0.2) is 0 Å². The number of Topliss-reactive ketones (excluding diaryl/α,β-unsaturated/α-hetero) is 1. The van der Waals surface area contributed by atoms with Gasteiger partial charge in [-0.1, -0.05) is 23.8 Å². The van der Waals surface area contributed by atoms with Crippen LogP contribution >= 0.6 is 0 Å². The summed E-state index contributed by atoms with van der Waals surface area (Å²) < 4.78 is 0. The third kappa shape index (κ3) is 4.67. The fraction of sp³-hybridized carbons (Fsp3) is 0.500. The highest BCUT2D eigenvalue weighted by Gasteiger charge is 2.08. The highest BCUT2D eigenvalue weighted by molar-refractivity contribution is 5.81. The van der Waals surface area contributed by atoms with Crippen molar-refractivity contribution in [1.29, 1.82) is 0 Å². The van der Waals surface area contributed by atoms with Crippen LogP contribution in [0.15, 0.2) is 18.2 Å². The molecule has 0 spiro atoms. The average molecular weight is 234 g/mol. The van der Waals surface area contributed by atoms with Crippen LogP contribution in [0.3, 0.4) is 0 Å². The van der Waals surface area contributed by atoms with Crippen LogP contribution in [-0.4, -0.2) is 18.4 Å². The number of carbonyl (C=O) groups is 1. The second kappa shape index (κ2) is 6.52. The van der Waals surface area contributed by atoms with E-state index >= 15 is 0 Å². The summed E-state index contributed by atoms with van der Waals surface area (Å²) in [5.41, 5.74) is 14.6. The molecule has 0 saturated heterocycles. The smallest absolute Gasteiger partial charge is 0.137 e. The lowest BCUT2D eigenvalue weighted by Crippen LogP contribution is -2.30. The fourth-order valence-corrected chi connectivity index (χ4v) is 1.76. The predicted octanol–water partition coefficient (Wildman–Crippen LogP) is 1.48. The summed E-state index contributed by atoms with van der Waals surface area (Å²) in [4.78, 5) is 11.8. The summed E-state index contributed by atoms with van der Waals surface area (Å²) in [6, 6.07) is 6.14. The Hall–Kier alpha value is -1.19. The molecule has 0 aliphatic rings. The van der Waals surface area contributed by atoms with Crippen LogP contribution in [0.5, 0.6) is 0 Å². The largest absolute Gasteiger partial charge is 0.329 e. The van der Waals surface area contributed by atoms with Gasteiger partial charge < -0.3 is 11.5 Å². The van der Waals surface area contributed by atoms with Crippen LogP contribution in [-0.2, 0) is 11.2 Å². The molecule has 1 aromatic carbocycles. The first-order chi connectivity index (χ1) is 8.02. The highest BCUT2D eigenvalue weighted by atomic mass is 16.1. The van der Waals surface area contributed by atoms with Crippen LogP contribution in [0.25, 0.3) is 0 Å². The molecule has 1 atom stereocenters. The number of hydrogen-bond acceptors (Lipinski definition) is 3. The molecule has 1 unspecified atom stereocenters. The first-order valence-corrected chi connectivity index (χ1v) is 6.06. The molecular formula is C14H22N2O. The van der Waals surface area contributed by atoms with Crippen molar-refractivity contribution in [2.45, 2.75) is 39.2 Å². The average Bonchev–Trinajstić information content (AvgIpc) is 2.30. The van der Waals surface area contributed by atoms with Crippen molar-refractivity contribution in [2.75, 3.05) is 6.54 Å². The third-order valence-corrected chi connectivity index (χ3v) is 2.99. The molecule has 0 aliphatic heterocycles. The molecule has 0 amide bonds. The summed E-state index contributed by atoms with van der Waals surface area (Å²) in [6.07, 6.45) is 1.71. The minimum absolute atomic E-state index is 0.0578. The quantitative estimate of drug-likeness (QED) is 0.783. The Morgan fingerprint density at radius 2 is 2.06 bits per heavy atom. The first-order valence-electron chi connectivity index (χ1n) is 6.06. The van der Waals surface area contributed by atoms with Crippen molar-refractivity contribution in [1.82, 2.24) is 0 Å². The number of carbonyl (C=O) groups excluding carboxylic acids is 1. The number of nitrogens with two attached hydrogens (primary N) is 2. The number of aryl methyl sites for hydroxylation is 2. The van der Waals surface area contributed by atoms with E-state index in [1.807, 2.05) is 13.8 Å². The number of ketones is 1. The van der Waals surface area contributed by atoms with E-state index < -0.39 is 0 Å². The van der Waals surface area contributed by atoms with Gasteiger partial charge in [-0.15, -0.1) is 0 Å². The number of rotatable bonds is 6. The number of hydrogen-bond donors (Lipinski definition) is 2. The topological polar surface area (TPSA) is 69.1 Å². The van der Waals surface area contributed by atoms with E-state index in [0.717, 1.165) is 5.56 Å². The summed E-state index contributed by atoms with van der Waals surface area (Å²) in [5, 5.41) is 0. The van der Waals surface area contributed by atoms with Gasteiger partial charge >= 0.3 is 0 Å². The molecule has 0 radical (unpaired) electrons. The van der Waals surface area contributed by atoms with Crippen molar-refractivity contribution < 1.29 is 4.79 Å². The molecule has 0 fully saturated rings. The van der Waals surface area contributed by atoms with Crippen molar-refractivity contribution in [3.8, 4) is 0 Å². The summed E-state index contributed by atoms with van der Waals surface area (Å²) in [5.74, 6) is 0.239. The first kappa shape index (κ1) is 13.9. The van der Waals surface area contributed by atoms with E-state index in [0.29, 0.717) is 25.8 Å². The summed E-state index contributed by atoms with van der Waals surface area (Å²) in [7, 11) is 0. The zero-order chi connectivity index (χ0) is 12.8. The second-order valence-corrected chi connectivity index (χ2v) is 4.68. The number of benzene rings is 1. The van der Waals surface area contributed by atoms with Gasteiger partial charge in [-0.2, -0.15) is 0 Å². The third-order valence-electron chi connectivity index (χ3n) is 2.99. The zero-order valence-corrected chi connectivity index (χ0v) is 10.7. The van der Waals surface area contributed by atoms with Gasteiger partial charge in [0.15, 0.2) is 0 Å². The lowest BCUT2D eigenvalue weighted by Gasteiger charge is -2.09. The molecule has 0 aliphatic carbocycles. The molecule has 0 heterocycles. The van der Waals surface area contributed by atoms with E-state index in [9.17, 15) is 4.79 Å². The Labute approximate surface area is 103 Å². The van der Waals surface area contributed by atoms with Gasteiger partial charge in [0.25, 0.3) is 0 Å². The Morgan fingerprint density at radius 3 is 2.71 bits per heavy atom. The van der Waals surface area contributed by atoms with Gasteiger partial charge in [0.2, 0.25) is 0 Å². The Bertz CT molecular complexity index is 388. The molecule has 4 N–H and O–H groups in total. The predicted molar refractivity (Wildman–Crippen MR) is 70.9 cm³/mol. The highest BCUT2D eigenvalue weighted by Crippen LogP contribution is 2.12. The van der Waals surface area contributed by atoms with Crippen LogP contribution in [0.4, 0.5) is 0 Å². The summed E-state index contributed by atoms with van der Waals surface area (Å²) in [6.45, 7) is 4.52. The van der Waals surface area contributed by atoms with Crippen molar-refractivity contribution >= 4 is 5.78 Å². The second-order valence-electron chi connectivity index (χ2n) is 4.68. The molecular weight excluding hydrogens is 212 g/mol. The Balaban J connectivity index is 2.53. The maximum atomic E-state index is 11.8. The molecule has 94 valence electrons. The SMILES string of the molecule is Cc1ccc(C)c(CC(=O)CCC(N)CN)c1. The lowest BCUT2D eigenvalue weighted by molar-refractivity contribution is -0.118. The Morgan fingerprint density at radius 1 is 1.35 bits per heavy atom. The lowest BCUT2D eigenvalue weighted by atomic mass is 9.98. The van der Waals surface area contributed by atoms with E-state index in [4.69, 9.17) is 11.5 Å². The molecule has 3 heteroatoms. The molecule has 17 heavy (non-hydrogen) atoms. The van der Waals surface area contributed by atoms with E-state index in [1.165, 1.54) is 11.1 Å². The normalized spacial score (nSPS) is 12.5. The van der Waals surface area contributed by atoms with Gasteiger partial charge in [-0.05, 0) is 31.4 Å². The Kier molecular flexibility index (Phi) is 5.32. The van der Waals surface area contributed by atoms with Gasteiger partial charge in [0.05, 0.1) is 0 Å². The van der Waals surface area contributed by atoms with Crippen molar-refractivity contribution in [3.05, 3.63) is 34.9 Å². The molecule has 1 rings (SSSR count). The van der Waals surface area contributed by atoms with Crippen LogP contribution in [0.1, 0.15) is 29.5 Å². The minimum atomic E-state index is -0.0578. The fourth-order valence-electron chi connectivity index (χ4n) is 1.76. The molecule has 3 nitrogen and oxygen atoms in total. The van der Waals surface area contributed by atoms with Crippen LogP contribution in [0, 0.1) is 13.8 Å². The maximum absolute atomic E-state index is 11.8. The zero-order valence-electron chi connectivity index (χ0n) is 10.7.